The number of hydrogen-bond acceptors (Lipinski definition) is 9. The minimum absolute atomic E-state index is 0.0646. The minimum Gasteiger partial charge on any atom is -0.458 e. The highest BCUT2D eigenvalue weighted by molar-refractivity contribution is 5.88. The topological polar surface area (TPSA) is 125 Å². The first-order valence-corrected chi connectivity index (χ1v) is 17.2. The van der Waals surface area contributed by atoms with Gasteiger partial charge in [-0.15, -0.1) is 0 Å². The summed E-state index contributed by atoms with van der Waals surface area (Å²) in [6, 6.07) is 0. The summed E-state index contributed by atoms with van der Waals surface area (Å²) in [5, 5.41) is 10.6. The molecule has 0 aromatic rings. The molecule has 7 saturated carbocycles. The van der Waals surface area contributed by atoms with Gasteiger partial charge in [-0.1, -0.05) is 33.6 Å². The molecule has 8 rings (SSSR count). The second kappa shape index (κ2) is 12.9. The molecule has 1 saturated heterocycles. The Labute approximate surface area is 273 Å². The molecule has 254 valence electrons. The molecule has 0 aromatic carbocycles. The maximum Gasteiger partial charge on any atom is 0.333 e. The van der Waals surface area contributed by atoms with Gasteiger partial charge in [0.25, 0.3) is 0 Å². The van der Waals surface area contributed by atoms with Crippen LogP contribution in [0.15, 0.2) is 37.0 Å². The van der Waals surface area contributed by atoms with Crippen molar-refractivity contribution in [3.63, 3.8) is 0 Å². The van der Waals surface area contributed by atoms with E-state index in [0.717, 1.165) is 51.4 Å². The number of aliphatic hydroxyl groups is 1. The Morgan fingerprint density at radius 3 is 2.24 bits per heavy atom. The van der Waals surface area contributed by atoms with Crippen molar-refractivity contribution in [2.24, 2.45) is 35.5 Å². The van der Waals surface area contributed by atoms with Crippen LogP contribution < -0.4 is 0 Å². The Balaban J connectivity index is 0.000000139. The molecular weight excluding hydrogens is 588 g/mol. The number of rotatable bonds is 7. The monoisotopic (exact) mass is 640 g/mol. The first-order valence-electron chi connectivity index (χ1n) is 17.2. The number of hydrogen-bond donors (Lipinski definition) is 1. The van der Waals surface area contributed by atoms with E-state index in [4.69, 9.17) is 18.9 Å². The Morgan fingerprint density at radius 2 is 1.65 bits per heavy atom. The van der Waals surface area contributed by atoms with Crippen molar-refractivity contribution in [2.45, 2.75) is 134 Å². The summed E-state index contributed by atoms with van der Waals surface area (Å²) in [7, 11) is 0. The molecule has 9 heteroatoms. The van der Waals surface area contributed by atoms with E-state index in [2.05, 4.69) is 33.6 Å². The van der Waals surface area contributed by atoms with E-state index < -0.39 is 11.2 Å². The van der Waals surface area contributed by atoms with E-state index in [1.165, 1.54) is 25.3 Å². The zero-order valence-electron chi connectivity index (χ0n) is 28.0. The van der Waals surface area contributed by atoms with Crippen LogP contribution in [0.3, 0.4) is 0 Å². The molecule has 10 atom stereocenters. The van der Waals surface area contributed by atoms with Crippen LogP contribution in [0.25, 0.3) is 0 Å². The summed E-state index contributed by atoms with van der Waals surface area (Å²) in [5.41, 5.74) is -0.345. The highest BCUT2D eigenvalue weighted by atomic mass is 16.6. The zero-order chi connectivity index (χ0) is 33.6. The van der Waals surface area contributed by atoms with Crippen LogP contribution in [-0.2, 0) is 38.1 Å². The molecule has 46 heavy (non-hydrogen) atoms. The third kappa shape index (κ3) is 6.58. The predicted octanol–water partition coefficient (Wildman–Crippen LogP) is 5.93. The van der Waals surface area contributed by atoms with Crippen molar-refractivity contribution >= 4 is 23.9 Å². The van der Waals surface area contributed by atoms with E-state index in [1.807, 2.05) is 0 Å². The second-order valence-electron chi connectivity index (χ2n) is 15.3. The van der Waals surface area contributed by atoms with Gasteiger partial charge < -0.3 is 24.1 Å². The van der Waals surface area contributed by atoms with Crippen molar-refractivity contribution in [3.8, 4) is 0 Å². The summed E-state index contributed by atoms with van der Waals surface area (Å²) >= 11 is 0. The van der Waals surface area contributed by atoms with Gasteiger partial charge in [0, 0.05) is 35.5 Å². The quantitative estimate of drug-likeness (QED) is 0.205. The fourth-order valence-electron chi connectivity index (χ4n) is 9.81. The van der Waals surface area contributed by atoms with Gasteiger partial charge in [0.1, 0.15) is 23.4 Å². The smallest absolute Gasteiger partial charge is 0.333 e. The molecule has 7 aliphatic carbocycles. The summed E-state index contributed by atoms with van der Waals surface area (Å²) in [5.74, 6) is 0.975. The second-order valence-corrected chi connectivity index (χ2v) is 15.3. The van der Waals surface area contributed by atoms with Crippen LogP contribution in [0.1, 0.15) is 105 Å². The first-order chi connectivity index (χ1) is 21.6. The standard InChI is InChI=1S/C15H22O3.C12H14O4.C10H16O2/c1-9(2)13(16)18-15-6-11-4-12(10(15)3)7-14(17,5-11)8-15;1-5(2)11(13)15-9-6-3-7-8(4-6)12(14)16-10(7)9;1-3-9(11)12-10(4-2)7-5-6-8-10/h10-12,17H,1,4-8H2,2-3H3;6-10H,1,3-4H2,2H3;3H,1,4-8H2,2H3. The molecule has 1 aliphatic heterocycles. The maximum absolute atomic E-state index is 11.9. The van der Waals surface area contributed by atoms with Gasteiger partial charge in [-0.2, -0.15) is 0 Å². The van der Waals surface area contributed by atoms with Crippen LogP contribution >= 0.6 is 0 Å². The van der Waals surface area contributed by atoms with Gasteiger partial charge in [0.2, 0.25) is 0 Å². The van der Waals surface area contributed by atoms with E-state index in [9.17, 15) is 24.3 Å². The molecule has 10 unspecified atom stereocenters. The van der Waals surface area contributed by atoms with Crippen molar-refractivity contribution < 1.29 is 43.2 Å². The van der Waals surface area contributed by atoms with Crippen molar-refractivity contribution in [3.05, 3.63) is 37.0 Å². The van der Waals surface area contributed by atoms with Crippen LogP contribution in [0.2, 0.25) is 0 Å². The molecule has 6 bridgehead atoms. The summed E-state index contributed by atoms with van der Waals surface area (Å²) in [6.45, 7) is 18.2. The first kappa shape index (κ1) is 34.4. The molecule has 0 aromatic heterocycles. The number of fused-ring (bicyclic) bond motifs is 1. The highest BCUT2D eigenvalue weighted by Crippen LogP contribution is 2.61. The fourth-order valence-corrected chi connectivity index (χ4v) is 9.81. The van der Waals surface area contributed by atoms with Crippen molar-refractivity contribution in [1.29, 1.82) is 0 Å². The van der Waals surface area contributed by atoms with Gasteiger partial charge in [-0.05, 0) is 102 Å². The molecule has 0 amide bonds. The summed E-state index contributed by atoms with van der Waals surface area (Å²) in [4.78, 5) is 45.8. The lowest BCUT2D eigenvalue weighted by Gasteiger charge is -2.62. The Kier molecular flexibility index (Phi) is 9.67. The zero-order valence-corrected chi connectivity index (χ0v) is 28.0. The van der Waals surface area contributed by atoms with Crippen LogP contribution in [-0.4, -0.2) is 58.0 Å². The predicted molar refractivity (Wildman–Crippen MR) is 170 cm³/mol. The summed E-state index contributed by atoms with van der Waals surface area (Å²) in [6.07, 6.45) is 12.4. The third-order valence-corrected chi connectivity index (χ3v) is 12.0. The number of ether oxygens (including phenoxy) is 4. The minimum atomic E-state index is -0.590. The Bertz CT molecular complexity index is 1280. The average molecular weight is 641 g/mol. The lowest BCUT2D eigenvalue weighted by Crippen LogP contribution is -2.64. The average Bonchev–Trinajstić information content (AvgIpc) is 3.75. The molecule has 8 aliphatic rings. The van der Waals surface area contributed by atoms with E-state index in [0.29, 0.717) is 41.2 Å². The van der Waals surface area contributed by atoms with E-state index in [1.54, 1.807) is 13.8 Å². The highest BCUT2D eigenvalue weighted by Gasteiger charge is 2.64. The molecular formula is C37H52O9. The molecule has 1 heterocycles. The normalized spacial score (nSPS) is 39.6. The maximum atomic E-state index is 11.9. The van der Waals surface area contributed by atoms with Gasteiger partial charge in [0.05, 0.1) is 11.5 Å². The molecule has 8 fully saturated rings. The van der Waals surface area contributed by atoms with Gasteiger partial charge >= 0.3 is 23.9 Å². The lowest BCUT2D eigenvalue weighted by atomic mass is 9.48. The number of carbonyl (C=O) groups is 4. The van der Waals surface area contributed by atoms with E-state index >= 15 is 0 Å². The largest absolute Gasteiger partial charge is 0.458 e. The van der Waals surface area contributed by atoms with Gasteiger partial charge in [0.15, 0.2) is 0 Å². The number of carbonyl (C=O) groups excluding carboxylic acids is 4. The number of esters is 4. The van der Waals surface area contributed by atoms with Gasteiger partial charge in [-0.3, -0.25) is 4.79 Å². The van der Waals surface area contributed by atoms with Crippen LogP contribution in [0.4, 0.5) is 0 Å². The molecule has 9 nitrogen and oxygen atoms in total. The molecule has 1 N–H and O–H groups in total. The fraction of sp³-hybridized carbons (Fsp3) is 0.730. The van der Waals surface area contributed by atoms with Crippen molar-refractivity contribution in [2.75, 3.05) is 0 Å². The third-order valence-electron chi connectivity index (χ3n) is 12.0. The van der Waals surface area contributed by atoms with Gasteiger partial charge in [-0.25, -0.2) is 14.4 Å². The Morgan fingerprint density at radius 1 is 0.978 bits per heavy atom. The van der Waals surface area contributed by atoms with E-state index in [-0.39, 0.29) is 53.5 Å². The molecule has 0 spiro atoms. The Hall–Kier alpha value is -2.94. The summed E-state index contributed by atoms with van der Waals surface area (Å²) < 4.78 is 21.8. The SMILES string of the molecule is C=C(C)C(=O)OC12CC3CC(CC(O)(C3)C1)C2C.C=C(C)C(=O)OC1C2CC3C(=O)OC1C3C2.C=CC(=O)OC1(CC)CCCC1. The lowest BCUT2D eigenvalue weighted by molar-refractivity contribution is -0.240. The van der Waals surface area contributed by atoms with Crippen LogP contribution in [0.5, 0.6) is 0 Å². The van der Waals surface area contributed by atoms with Crippen molar-refractivity contribution in [1.82, 2.24) is 0 Å². The molecule has 0 radical (unpaired) electrons. The van der Waals surface area contributed by atoms with Crippen LogP contribution in [0, 0.1) is 35.5 Å².